The molecule has 3 rings (SSSR count). The fourth-order valence-corrected chi connectivity index (χ4v) is 2.81. The standard InChI is InChI=1S/C20H16N2O8/c1-11(23)21-14-4-5-15-13(8-19(24)30-18(15)9-14)10-29-17-6-3-12(20(25)28-2)7-16(17)22(26)27/h3-9H,10H2,1-2H3,(H,21,23). The van der Waals surface area contributed by atoms with Crippen LogP contribution in [0.2, 0.25) is 0 Å². The number of carbonyl (C=O) groups excluding carboxylic acids is 2. The number of carbonyl (C=O) groups is 2. The van der Waals surface area contributed by atoms with Crippen LogP contribution in [-0.4, -0.2) is 23.9 Å². The topological polar surface area (TPSA) is 138 Å². The lowest BCUT2D eigenvalue weighted by molar-refractivity contribution is -0.386. The Bertz CT molecular complexity index is 1220. The highest BCUT2D eigenvalue weighted by atomic mass is 16.6. The molecular formula is C20H16N2O8. The van der Waals surface area contributed by atoms with Gasteiger partial charge < -0.3 is 19.2 Å². The molecule has 1 aromatic heterocycles. The predicted octanol–water partition coefficient (Wildman–Crippen LogP) is 3.03. The van der Waals surface area contributed by atoms with Crippen LogP contribution in [0, 0.1) is 10.1 Å². The Balaban J connectivity index is 1.93. The normalized spacial score (nSPS) is 10.5. The van der Waals surface area contributed by atoms with Crippen LogP contribution in [0.1, 0.15) is 22.8 Å². The van der Waals surface area contributed by atoms with Crippen molar-refractivity contribution in [1.82, 2.24) is 0 Å². The van der Waals surface area contributed by atoms with Gasteiger partial charge in [-0.3, -0.25) is 14.9 Å². The van der Waals surface area contributed by atoms with Crippen molar-refractivity contribution in [2.45, 2.75) is 13.5 Å². The molecule has 0 saturated carbocycles. The van der Waals surface area contributed by atoms with E-state index in [0.717, 1.165) is 6.07 Å². The summed E-state index contributed by atoms with van der Waals surface area (Å²) >= 11 is 0. The Morgan fingerprint density at radius 2 is 1.93 bits per heavy atom. The molecule has 1 amide bonds. The number of nitrogens with zero attached hydrogens (tertiary/aromatic N) is 1. The SMILES string of the molecule is COC(=O)c1ccc(OCc2cc(=O)oc3cc(NC(C)=O)ccc23)c([N+](=O)[O-])c1. The quantitative estimate of drug-likeness (QED) is 0.282. The molecule has 0 atom stereocenters. The van der Waals surface area contributed by atoms with Gasteiger partial charge in [-0.25, -0.2) is 9.59 Å². The average Bonchev–Trinajstić information content (AvgIpc) is 2.70. The molecule has 0 fully saturated rings. The molecule has 10 nitrogen and oxygen atoms in total. The van der Waals surface area contributed by atoms with E-state index in [0.29, 0.717) is 16.6 Å². The second-order valence-corrected chi connectivity index (χ2v) is 6.20. The zero-order valence-corrected chi connectivity index (χ0v) is 16.0. The van der Waals surface area contributed by atoms with E-state index in [1.165, 1.54) is 38.3 Å². The smallest absolute Gasteiger partial charge is 0.338 e. The van der Waals surface area contributed by atoms with Gasteiger partial charge in [0.25, 0.3) is 0 Å². The van der Waals surface area contributed by atoms with E-state index in [4.69, 9.17) is 9.15 Å². The molecular weight excluding hydrogens is 396 g/mol. The van der Waals surface area contributed by atoms with Crippen molar-refractivity contribution in [1.29, 1.82) is 0 Å². The number of nitro groups is 1. The number of esters is 1. The van der Waals surface area contributed by atoms with E-state index < -0.39 is 22.2 Å². The number of ether oxygens (including phenoxy) is 2. The molecule has 0 aliphatic carbocycles. The Kier molecular flexibility index (Phi) is 5.77. The van der Waals surface area contributed by atoms with E-state index in [2.05, 4.69) is 10.1 Å². The summed E-state index contributed by atoms with van der Waals surface area (Å²) in [5.74, 6) is -1.07. The summed E-state index contributed by atoms with van der Waals surface area (Å²) in [5.41, 5.74) is 0.0534. The van der Waals surface area contributed by atoms with Gasteiger partial charge in [0.1, 0.15) is 12.2 Å². The van der Waals surface area contributed by atoms with Gasteiger partial charge >= 0.3 is 17.3 Å². The van der Waals surface area contributed by atoms with Crippen molar-refractivity contribution in [3.8, 4) is 5.75 Å². The third-order valence-corrected chi connectivity index (χ3v) is 4.11. The molecule has 0 radical (unpaired) electrons. The molecule has 0 unspecified atom stereocenters. The van der Waals surface area contributed by atoms with Crippen LogP contribution in [0.4, 0.5) is 11.4 Å². The monoisotopic (exact) mass is 412 g/mol. The van der Waals surface area contributed by atoms with Crippen molar-refractivity contribution in [3.63, 3.8) is 0 Å². The van der Waals surface area contributed by atoms with E-state index in [-0.39, 0.29) is 29.4 Å². The number of nitro benzene ring substituents is 1. The van der Waals surface area contributed by atoms with Crippen molar-refractivity contribution in [2.75, 3.05) is 12.4 Å². The fraction of sp³-hybridized carbons (Fsp3) is 0.150. The summed E-state index contributed by atoms with van der Waals surface area (Å²) in [6, 6.07) is 9.65. The minimum absolute atomic E-state index is 0.00727. The number of benzene rings is 2. The van der Waals surface area contributed by atoms with Gasteiger partial charge in [0.05, 0.1) is 17.6 Å². The number of fused-ring (bicyclic) bond motifs is 1. The molecule has 0 spiro atoms. The molecule has 1 heterocycles. The van der Waals surface area contributed by atoms with Gasteiger partial charge in [-0.05, 0) is 24.3 Å². The maximum atomic E-state index is 11.9. The highest BCUT2D eigenvalue weighted by molar-refractivity contribution is 5.92. The number of methoxy groups -OCH3 is 1. The zero-order chi connectivity index (χ0) is 21.8. The number of nitrogens with one attached hydrogen (secondary N) is 1. The maximum Gasteiger partial charge on any atom is 0.338 e. The van der Waals surface area contributed by atoms with Crippen LogP contribution >= 0.6 is 0 Å². The first-order valence-electron chi connectivity index (χ1n) is 8.62. The summed E-state index contributed by atoms with van der Waals surface area (Å²) in [4.78, 5) is 45.4. The second-order valence-electron chi connectivity index (χ2n) is 6.20. The Hall–Kier alpha value is -4.21. The minimum Gasteiger partial charge on any atom is -0.482 e. The zero-order valence-electron chi connectivity index (χ0n) is 16.0. The minimum atomic E-state index is -0.716. The molecule has 0 bridgehead atoms. The van der Waals surface area contributed by atoms with Crippen molar-refractivity contribution < 1.29 is 28.4 Å². The number of anilines is 1. The van der Waals surface area contributed by atoms with E-state index in [9.17, 15) is 24.5 Å². The summed E-state index contributed by atoms with van der Waals surface area (Å²) in [6.07, 6.45) is 0. The van der Waals surface area contributed by atoms with Crippen LogP contribution in [0.25, 0.3) is 11.0 Å². The van der Waals surface area contributed by atoms with Gasteiger partial charge in [-0.1, -0.05) is 0 Å². The molecule has 0 aliphatic rings. The third kappa shape index (κ3) is 4.43. The van der Waals surface area contributed by atoms with E-state index in [1.54, 1.807) is 12.1 Å². The first-order valence-corrected chi connectivity index (χ1v) is 8.62. The highest BCUT2D eigenvalue weighted by Crippen LogP contribution is 2.30. The van der Waals surface area contributed by atoms with E-state index in [1.807, 2.05) is 0 Å². The number of amides is 1. The van der Waals surface area contributed by atoms with Gasteiger partial charge in [-0.2, -0.15) is 0 Å². The molecule has 30 heavy (non-hydrogen) atoms. The predicted molar refractivity (Wildman–Crippen MR) is 106 cm³/mol. The number of hydrogen-bond acceptors (Lipinski definition) is 8. The largest absolute Gasteiger partial charge is 0.482 e. The van der Waals surface area contributed by atoms with E-state index >= 15 is 0 Å². The third-order valence-electron chi connectivity index (χ3n) is 4.11. The molecule has 10 heteroatoms. The van der Waals surface area contributed by atoms with Gasteiger partial charge in [0.15, 0.2) is 5.75 Å². The fourth-order valence-electron chi connectivity index (χ4n) is 2.81. The Morgan fingerprint density at radius 1 is 1.17 bits per heavy atom. The van der Waals surface area contributed by atoms with Crippen LogP contribution in [0.15, 0.2) is 51.7 Å². The lowest BCUT2D eigenvalue weighted by atomic mass is 10.1. The van der Waals surface area contributed by atoms with Crippen molar-refractivity contribution >= 4 is 34.2 Å². The highest BCUT2D eigenvalue weighted by Gasteiger charge is 2.20. The van der Waals surface area contributed by atoms with Crippen molar-refractivity contribution in [2.24, 2.45) is 0 Å². The number of hydrogen-bond donors (Lipinski definition) is 1. The summed E-state index contributed by atoms with van der Waals surface area (Å²) in [6.45, 7) is 1.18. The lowest BCUT2D eigenvalue weighted by Gasteiger charge is -2.10. The number of rotatable bonds is 6. The Labute approximate surface area is 169 Å². The first-order chi connectivity index (χ1) is 14.3. The summed E-state index contributed by atoms with van der Waals surface area (Å²) < 4.78 is 15.3. The van der Waals surface area contributed by atoms with Gasteiger partial charge in [0, 0.05) is 41.8 Å². The van der Waals surface area contributed by atoms with Crippen LogP contribution < -0.4 is 15.7 Å². The molecule has 0 saturated heterocycles. The molecule has 1 N–H and O–H groups in total. The molecule has 0 aliphatic heterocycles. The van der Waals surface area contributed by atoms with Gasteiger partial charge in [-0.15, -0.1) is 0 Å². The van der Waals surface area contributed by atoms with Crippen LogP contribution in [0.5, 0.6) is 5.75 Å². The summed E-state index contributed by atoms with van der Waals surface area (Å²) in [7, 11) is 1.17. The van der Waals surface area contributed by atoms with Crippen LogP contribution in [0.3, 0.4) is 0 Å². The molecule has 3 aromatic rings. The maximum absolute atomic E-state index is 11.9. The molecule has 2 aromatic carbocycles. The second kappa shape index (κ2) is 8.43. The lowest BCUT2D eigenvalue weighted by Crippen LogP contribution is -2.08. The Morgan fingerprint density at radius 3 is 2.60 bits per heavy atom. The average molecular weight is 412 g/mol. The van der Waals surface area contributed by atoms with Crippen molar-refractivity contribution in [3.05, 3.63) is 74.1 Å². The summed E-state index contributed by atoms with van der Waals surface area (Å²) in [5, 5.41) is 14.5. The molecule has 154 valence electrons. The van der Waals surface area contributed by atoms with Gasteiger partial charge in [0.2, 0.25) is 5.91 Å². The van der Waals surface area contributed by atoms with Crippen LogP contribution in [-0.2, 0) is 16.1 Å². The first kappa shape index (κ1) is 20.5.